The second-order valence-electron chi connectivity index (χ2n) is 11.6. The van der Waals surface area contributed by atoms with Crippen LogP contribution in [0.2, 0.25) is 0 Å². The quantitative estimate of drug-likeness (QED) is 0.223. The van der Waals surface area contributed by atoms with E-state index in [0.717, 1.165) is 72.0 Å². The highest BCUT2D eigenvalue weighted by Gasteiger charge is 2.32. The highest BCUT2D eigenvalue weighted by atomic mass is 16.2. The minimum atomic E-state index is 0.0240. The summed E-state index contributed by atoms with van der Waals surface area (Å²) in [4.78, 5) is 35.5. The molecular weight excluding hydrogens is 520 g/mol. The lowest BCUT2D eigenvalue weighted by Crippen LogP contribution is -2.49. The number of hydrogen-bond donors (Lipinski definition) is 0. The lowest BCUT2D eigenvalue weighted by molar-refractivity contribution is 0.109. The van der Waals surface area contributed by atoms with Gasteiger partial charge in [0.05, 0.1) is 12.1 Å². The molecule has 2 aliphatic heterocycles. The molecule has 2 atom stereocenters. The first kappa shape index (κ1) is 27.8. The molecule has 0 bridgehead atoms. The number of hydrogen-bond acceptors (Lipinski definition) is 2. The summed E-state index contributed by atoms with van der Waals surface area (Å²) >= 11 is 0. The van der Waals surface area contributed by atoms with E-state index in [4.69, 9.17) is 0 Å². The van der Waals surface area contributed by atoms with Crippen molar-refractivity contribution in [1.29, 1.82) is 0 Å². The lowest BCUT2D eigenvalue weighted by Gasteiger charge is -2.40. The zero-order valence-electron chi connectivity index (χ0n) is 24.7. The number of carbonyl (C=O) groups is 2. The Morgan fingerprint density at radius 1 is 0.548 bits per heavy atom. The maximum atomic E-state index is 13.7. The first-order valence-electron chi connectivity index (χ1n) is 15.2. The third-order valence-electron chi connectivity index (χ3n) is 8.99. The van der Waals surface area contributed by atoms with E-state index < -0.39 is 0 Å². The van der Waals surface area contributed by atoms with Crippen LogP contribution in [0.3, 0.4) is 0 Å². The molecule has 4 amide bonds. The molecular formula is C36H40N4O2. The normalized spacial score (nSPS) is 17.6. The first-order chi connectivity index (χ1) is 20.5. The first-order valence-corrected chi connectivity index (χ1v) is 15.2. The van der Waals surface area contributed by atoms with Crippen molar-refractivity contribution in [3.8, 4) is 0 Å². The van der Waals surface area contributed by atoms with Gasteiger partial charge >= 0.3 is 12.1 Å². The highest BCUT2D eigenvalue weighted by molar-refractivity contribution is 5.90. The number of nitrogens with zero attached hydrogens (tertiary/aromatic N) is 4. The van der Waals surface area contributed by atoms with E-state index in [1.807, 2.05) is 56.0 Å². The third kappa shape index (κ3) is 5.58. The zero-order chi connectivity index (χ0) is 29.1. The van der Waals surface area contributed by atoms with E-state index in [0.29, 0.717) is 13.1 Å². The van der Waals surface area contributed by atoms with E-state index in [-0.39, 0.29) is 24.1 Å². The van der Waals surface area contributed by atoms with Crippen LogP contribution in [0.25, 0.3) is 10.8 Å². The Labute approximate surface area is 249 Å². The van der Waals surface area contributed by atoms with Gasteiger partial charge in [-0.05, 0) is 59.7 Å². The molecule has 2 heterocycles. The maximum Gasteiger partial charge on any atom is 0.320 e. The Kier molecular flexibility index (Phi) is 8.13. The summed E-state index contributed by atoms with van der Waals surface area (Å²) in [6.45, 7) is 8.35. The molecule has 0 N–H and O–H groups in total. The SMILES string of the molecule is C[C@H](c1ccccc1)N1CCCN(Cc2cccc3cccc(CN4CCCN([C@H](C)c5ccccc5)C4=O)c23)C1=O. The van der Waals surface area contributed by atoms with Gasteiger partial charge in [0.25, 0.3) is 0 Å². The predicted molar refractivity (Wildman–Crippen MR) is 168 cm³/mol. The van der Waals surface area contributed by atoms with Gasteiger partial charge in [-0.1, -0.05) is 97.1 Å². The fourth-order valence-electron chi connectivity index (χ4n) is 6.62. The van der Waals surface area contributed by atoms with Gasteiger partial charge in [-0.3, -0.25) is 0 Å². The van der Waals surface area contributed by atoms with Gasteiger partial charge in [0.2, 0.25) is 0 Å². The van der Waals surface area contributed by atoms with Gasteiger partial charge in [-0.15, -0.1) is 0 Å². The van der Waals surface area contributed by atoms with Crippen molar-refractivity contribution in [2.24, 2.45) is 0 Å². The lowest BCUT2D eigenvalue weighted by atomic mass is 9.97. The summed E-state index contributed by atoms with van der Waals surface area (Å²) in [7, 11) is 0. The molecule has 4 aromatic carbocycles. The number of benzene rings is 4. The minimum Gasteiger partial charge on any atom is -0.320 e. The van der Waals surface area contributed by atoms with Crippen LogP contribution >= 0.6 is 0 Å². The average molecular weight is 561 g/mol. The summed E-state index contributed by atoms with van der Waals surface area (Å²) in [5.41, 5.74) is 4.57. The molecule has 6 rings (SSSR count). The second-order valence-corrected chi connectivity index (χ2v) is 11.6. The van der Waals surface area contributed by atoms with E-state index in [9.17, 15) is 9.59 Å². The maximum absolute atomic E-state index is 13.7. The Morgan fingerprint density at radius 2 is 0.976 bits per heavy atom. The Morgan fingerprint density at radius 3 is 1.40 bits per heavy atom. The molecule has 4 aromatic rings. The standard InChI is InChI=1S/C36H40N4O2/c1-27(29-13-5-3-6-14-29)39-23-11-21-37(35(39)41)25-32-19-9-17-31-18-10-20-33(34(31)32)26-38-22-12-24-40(36(38)42)28(2)30-15-7-4-8-16-30/h3-10,13-20,27-28H,11-12,21-26H2,1-2H3/t27-,28-/m1/s1. The fourth-order valence-corrected chi connectivity index (χ4v) is 6.62. The second kappa shape index (κ2) is 12.3. The van der Waals surface area contributed by atoms with Gasteiger partial charge in [0, 0.05) is 39.3 Å². The van der Waals surface area contributed by atoms with Gasteiger partial charge in [0.15, 0.2) is 0 Å². The topological polar surface area (TPSA) is 47.1 Å². The van der Waals surface area contributed by atoms with E-state index in [1.54, 1.807) is 0 Å². The molecule has 42 heavy (non-hydrogen) atoms. The molecule has 0 unspecified atom stereocenters. The predicted octanol–water partition coefficient (Wildman–Crippen LogP) is 7.62. The van der Waals surface area contributed by atoms with Crippen LogP contribution in [-0.4, -0.2) is 57.8 Å². The third-order valence-corrected chi connectivity index (χ3v) is 8.99. The summed E-state index contributed by atoms with van der Waals surface area (Å²) in [5, 5.41) is 2.30. The summed E-state index contributed by atoms with van der Waals surface area (Å²) in [6.07, 6.45) is 1.89. The molecule has 2 fully saturated rings. The van der Waals surface area contributed by atoms with Crippen LogP contribution in [0, 0.1) is 0 Å². The molecule has 216 valence electrons. The summed E-state index contributed by atoms with van der Waals surface area (Å²) in [5.74, 6) is 0. The fraction of sp³-hybridized carbons (Fsp3) is 0.333. The van der Waals surface area contributed by atoms with Crippen molar-refractivity contribution in [1.82, 2.24) is 19.6 Å². The highest BCUT2D eigenvalue weighted by Crippen LogP contribution is 2.31. The average Bonchev–Trinajstić information content (AvgIpc) is 3.03. The van der Waals surface area contributed by atoms with Crippen molar-refractivity contribution in [2.45, 2.75) is 51.9 Å². The van der Waals surface area contributed by atoms with Crippen LogP contribution < -0.4 is 0 Å². The largest absolute Gasteiger partial charge is 0.320 e. The monoisotopic (exact) mass is 560 g/mol. The van der Waals surface area contributed by atoms with Crippen molar-refractivity contribution in [3.63, 3.8) is 0 Å². The van der Waals surface area contributed by atoms with Crippen molar-refractivity contribution >= 4 is 22.8 Å². The number of amides is 4. The molecule has 6 nitrogen and oxygen atoms in total. The molecule has 6 heteroatoms. The minimum absolute atomic E-state index is 0.0240. The van der Waals surface area contributed by atoms with Gasteiger partial charge in [0.1, 0.15) is 0 Å². The Bertz CT molecular complexity index is 1430. The molecule has 0 radical (unpaired) electrons. The van der Waals surface area contributed by atoms with Gasteiger partial charge < -0.3 is 19.6 Å². The number of carbonyl (C=O) groups excluding carboxylic acids is 2. The molecule has 2 aliphatic rings. The molecule has 0 saturated carbocycles. The zero-order valence-corrected chi connectivity index (χ0v) is 24.7. The van der Waals surface area contributed by atoms with Crippen molar-refractivity contribution in [2.75, 3.05) is 26.2 Å². The smallest absolute Gasteiger partial charge is 0.320 e. The number of urea groups is 2. The van der Waals surface area contributed by atoms with Gasteiger partial charge in [-0.2, -0.15) is 0 Å². The Hall–Kier alpha value is -4.32. The van der Waals surface area contributed by atoms with Crippen molar-refractivity contribution in [3.05, 3.63) is 119 Å². The van der Waals surface area contributed by atoms with Crippen LogP contribution in [0.4, 0.5) is 9.59 Å². The molecule has 0 aromatic heterocycles. The van der Waals surface area contributed by atoms with Crippen LogP contribution in [-0.2, 0) is 13.1 Å². The number of rotatable bonds is 8. The summed E-state index contributed by atoms with van der Waals surface area (Å²) < 4.78 is 0. The van der Waals surface area contributed by atoms with E-state index in [1.165, 1.54) is 0 Å². The van der Waals surface area contributed by atoms with Gasteiger partial charge in [-0.25, -0.2) is 9.59 Å². The summed E-state index contributed by atoms with van der Waals surface area (Å²) in [6, 6.07) is 33.5. The molecule has 0 aliphatic carbocycles. The Balaban J connectivity index is 1.23. The van der Waals surface area contributed by atoms with Crippen molar-refractivity contribution < 1.29 is 9.59 Å². The number of fused-ring (bicyclic) bond motifs is 1. The van der Waals surface area contributed by atoms with E-state index in [2.05, 4.69) is 74.5 Å². The molecule has 0 spiro atoms. The van der Waals surface area contributed by atoms with Crippen LogP contribution in [0.15, 0.2) is 97.1 Å². The van der Waals surface area contributed by atoms with Crippen LogP contribution in [0.5, 0.6) is 0 Å². The molecule has 2 saturated heterocycles. The van der Waals surface area contributed by atoms with E-state index >= 15 is 0 Å². The van der Waals surface area contributed by atoms with Crippen LogP contribution in [0.1, 0.15) is 61.0 Å².